The molecule has 3 aromatic rings. The van der Waals surface area contributed by atoms with Crippen molar-refractivity contribution in [2.24, 2.45) is 18.9 Å². The number of methoxy groups -OCH3 is 2. The van der Waals surface area contributed by atoms with E-state index >= 15 is 0 Å². The number of rotatable bonds is 4. The van der Waals surface area contributed by atoms with E-state index in [0.29, 0.717) is 5.69 Å². The van der Waals surface area contributed by atoms with Gasteiger partial charge < -0.3 is 19.4 Å². The zero-order valence-electron chi connectivity index (χ0n) is 21.4. The predicted molar refractivity (Wildman–Crippen MR) is 135 cm³/mol. The average molecular weight is 476 g/mol. The Hall–Kier alpha value is -3.00. The monoisotopic (exact) mass is 475 g/mol. The zero-order chi connectivity index (χ0) is 25.3. The summed E-state index contributed by atoms with van der Waals surface area (Å²) in [5.74, 6) is -3.55. The first-order valence-corrected chi connectivity index (χ1v) is 12.0. The summed E-state index contributed by atoms with van der Waals surface area (Å²) in [6, 6.07) is 15.1. The number of amides is 2. The highest BCUT2D eigenvalue weighted by molar-refractivity contribution is 6.23. The van der Waals surface area contributed by atoms with Crippen molar-refractivity contribution in [2.45, 2.75) is 45.1 Å². The molecular weight excluding hydrogens is 442 g/mol. The van der Waals surface area contributed by atoms with E-state index in [1.807, 2.05) is 61.0 Å². The lowest BCUT2D eigenvalue weighted by atomic mass is 9.71. The van der Waals surface area contributed by atoms with E-state index in [2.05, 4.69) is 32.2 Å². The highest BCUT2D eigenvalue weighted by atomic mass is 16.7. The molecule has 0 bridgehead atoms. The van der Waals surface area contributed by atoms with Gasteiger partial charge in [0.15, 0.2) is 0 Å². The Morgan fingerprint density at radius 3 is 2.17 bits per heavy atom. The molecule has 1 aliphatic carbocycles. The maximum atomic E-state index is 14.2. The van der Waals surface area contributed by atoms with Crippen LogP contribution < -0.4 is 10.2 Å². The SMILES string of the molecule is COC1(OC)c2c(c3ccccc3n2C)[C@@H](NC(C)(C)C)[C@@H]2C(=O)N(c3ccc(C)cc3)C(=O)[C@@H]21. The summed E-state index contributed by atoms with van der Waals surface area (Å²) in [5, 5.41) is 4.70. The van der Waals surface area contributed by atoms with E-state index in [1.54, 1.807) is 14.2 Å². The molecule has 35 heavy (non-hydrogen) atoms. The second-order valence-electron chi connectivity index (χ2n) is 10.6. The largest absolute Gasteiger partial charge is 0.347 e. The fourth-order valence-electron chi connectivity index (χ4n) is 6.02. The Balaban J connectivity index is 1.82. The minimum atomic E-state index is -1.42. The van der Waals surface area contributed by atoms with Gasteiger partial charge in [0.05, 0.1) is 17.3 Å². The minimum absolute atomic E-state index is 0.248. The number of hydrogen-bond donors (Lipinski definition) is 1. The van der Waals surface area contributed by atoms with Crippen LogP contribution in [-0.2, 0) is 31.9 Å². The molecule has 184 valence electrons. The van der Waals surface area contributed by atoms with Gasteiger partial charge in [0.1, 0.15) is 5.92 Å². The Bertz CT molecular complexity index is 1310. The Morgan fingerprint density at radius 2 is 1.57 bits per heavy atom. The summed E-state index contributed by atoms with van der Waals surface area (Å²) in [7, 11) is 5.05. The van der Waals surface area contributed by atoms with Crippen molar-refractivity contribution in [2.75, 3.05) is 19.1 Å². The average Bonchev–Trinajstić information content (AvgIpc) is 3.27. The highest BCUT2D eigenvalue weighted by Crippen LogP contribution is 2.57. The van der Waals surface area contributed by atoms with Crippen LogP contribution in [0.15, 0.2) is 48.5 Å². The standard InChI is InChI=1S/C28H33N3O4/c1-16-12-14-17(15-13-16)31-25(32)21-22(26(31)33)28(34-6,35-7)24-20(23(21)29-27(2,3)4)18-10-8-9-11-19(18)30(24)5/h8-15,21-23,29H,1-7H3/t21-,22-,23-/m1/s1. The molecule has 1 fully saturated rings. The molecule has 1 aromatic heterocycles. The van der Waals surface area contributed by atoms with Gasteiger partial charge in [0.25, 0.3) is 0 Å². The lowest BCUT2D eigenvalue weighted by molar-refractivity contribution is -0.260. The maximum Gasteiger partial charge on any atom is 0.243 e. The summed E-state index contributed by atoms with van der Waals surface area (Å²) in [6.07, 6.45) is 0. The number of carbonyl (C=O) groups excluding carboxylic acids is 2. The molecule has 7 heteroatoms. The van der Waals surface area contributed by atoms with Crippen LogP contribution in [0.4, 0.5) is 5.69 Å². The first kappa shape index (κ1) is 23.7. The number of ether oxygens (including phenoxy) is 2. The van der Waals surface area contributed by atoms with Crippen LogP contribution in [0, 0.1) is 18.8 Å². The van der Waals surface area contributed by atoms with Crippen molar-refractivity contribution in [1.29, 1.82) is 0 Å². The van der Waals surface area contributed by atoms with Crippen molar-refractivity contribution in [3.05, 3.63) is 65.4 Å². The lowest BCUT2D eigenvalue weighted by Crippen LogP contribution is -2.55. The van der Waals surface area contributed by atoms with Crippen molar-refractivity contribution >= 4 is 28.4 Å². The summed E-state index contributed by atoms with van der Waals surface area (Å²) < 4.78 is 14.3. The van der Waals surface area contributed by atoms with Gasteiger partial charge in [-0.2, -0.15) is 0 Å². The second-order valence-corrected chi connectivity index (χ2v) is 10.6. The molecule has 3 atom stereocenters. The number of imide groups is 1. The number of aryl methyl sites for hydroxylation is 2. The van der Waals surface area contributed by atoms with E-state index in [-0.39, 0.29) is 17.4 Å². The molecule has 1 N–H and O–H groups in total. The molecule has 0 radical (unpaired) electrons. The molecule has 0 saturated carbocycles. The Labute approximate surface area is 206 Å². The van der Waals surface area contributed by atoms with Crippen molar-refractivity contribution in [3.8, 4) is 0 Å². The molecular formula is C28H33N3O4. The Kier molecular flexibility index (Phi) is 5.43. The summed E-state index contributed by atoms with van der Waals surface area (Å²) in [5.41, 5.74) is 3.99. The number of nitrogens with zero attached hydrogens (tertiary/aromatic N) is 2. The third kappa shape index (κ3) is 3.29. The number of aromatic nitrogens is 1. The topological polar surface area (TPSA) is 72.8 Å². The molecule has 2 aliphatic rings. The Morgan fingerprint density at radius 1 is 0.943 bits per heavy atom. The minimum Gasteiger partial charge on any atom is -0.347 e. The highest BCUT2D eigenvalue weighted by Gasteiger charge is 2.67. The van der Waals surface area contributed by atoms with E-state index < -0.39 is 23.7 Å². The van der Waals surface area contributed by atoms with Gasteiger partial charge in [-0.15, -0.1) is 0 Å². The maximum absolute atomic E-state index is 14.2. The van der Waals surface area contributed by atoms with Crippen LogP contribution in [0.2, 0.25) is 0 Å². The van der Waals surface area contributed by atoms with Crippen LogP contribution in [-0.4, -0.2) is 36.1 Å². The number of hydrogen-bond acceptors (Lipinski definition) is 5. The fraction of sp³-hybridized carbons (Fsp3) is 0.429. The number of para-hydroxylation sites is 1. The normalized spacial score (nSPS) is 23.6. The molecule has 7 nitrogen and oxygen atoms in total. The van der Waals surface area contributed by atoms with Gasteiger partial charge in [-0.05, 0) is 45.9 Å². The van der Waals surface area contributed by atoms with Crippen molar-refractivity contribution in [3.63, 3.8) is 0 Å². The van der Waals surface area contributed by atoms with Crippen LogP contribution >= 0.6 is 0 Å². The number of carbonyl (C=O) groups is 2. The molecule has 0 spiro atoms. The van der Waals surface area contributed by atoms with Crippen LogP contribution in [0.3, 0.4) is 0 Å². The smallest absolute Gasteiger partial charge is 0.243 e. The predicted octanol–water partition coefficient (Wildman–Crippen LogP) is 4.18. The molecule has 2 heterocycles. The fourth-order valence-corrected chi connectivity index (χ4v) is 6.02. The van der Waals surface area contributed by atoms with Gasteiger partial charge >= 0.3 is 0 Å². The van der Waals surface area contributed by atoms with Crippen LogP contribution in [0.1, 0.15) is 43.6 Å². The summed E-state index contributed by atoms with van der Waals surface area (Å²) in [6.45, 7) is 8.18. The van der Waals surface area contributed by atoms with Crippen LogP contribution in [0.5, 0.6) is 0 Å². The summed E-state index contributed by atoms with van der Waals surface area (Å²) >= 11 is 0. The van der Waals surface area contributed by atoms with E-state index in [1.165, 1.54) is 4.90 Å². The van der Waals surface area contributed by atoms with E-state index in [9.17, 15) is 9.59 Å². The zero-order valence-corrected chi connectivity index (χ0v) is 21.4. The first-order chi connectivity index (χ1) is 16.6. The van der Waals surface area contributed by atoms with Crippen LogP contribution in [0.25, 0.3) is 10.9 Å². The van der Waals surface area contributed by atoms with Gasteiger partial charge in [-0.3, -0.25) is 9.59 Å². The van der Waals surface area contributed by atoms with Gasteiger partial charge in [0.2, 0.25) is 17.6 Å². The van der Waals surface area contributed by atoms with E-state index in [0.717, 1.165) is 27.7 Å². The third-order valence-electron chi connectivity index (χ3n) is 7.39. The number of benzene rings is 2. The first-order valence-electron chi connectivity index (χ1n) is 12.0. The lowest BCUT2D eigenvalue weighted by Gasteiger charge is -2.46. The summed E-state index contributed by atoms with van der Waals surface area (Å²) in [4.78, 5) is 29.6. The van der Waals surface area contributed by atoms with Crippen molar-refractivity contribution in [1.82, 2.24) is 9.88 Å². The number of anilines is 1. The van der Waals surface area contributed by atoms with Gasteiger partial charge in [0, 0.05) is 49.3 Å². The molecule has 2 aromatic carbocycles. The van der Waals surface area contributed by atoms with E-state index in [4.69, 9.17) is 9.47 Å². The van der Waals surface area contributed by atoms with Gasteiger partial charge in [-0.25, -0.2) is 4.90 Å². The van der Waals surface area contributed by atoms with Gasteiger partial charge in [-0.1, -0.05) is 35.9 Å². The molecule has 0 unspecified atom stereocenters. The third-order valence-corrected chi connectivity index (χ3v) is 7.39. The molecule has 1 aliphatic heterocycles. The quantitative estimate of drug-likeness (QED) is 0.453. The number of nitrogens with one attached hydrogen (secondary N) is 1. The number of fused-ring (bicyclic) bond motifs is 4. The molecule has 1 saturated heterocycles. The molecule has 2 amide bonds. The molecule has 5 rings (SSSR count). The second kappa shape index (κ2) is 8.01. The van der Waals surface area contributed by atoms with Crippen molar-refractivity contribution < 1.29 is 19.1 Å².